The molecule has 2 aromatic carbocycles. The average Bonchev–Trinajstić information content (AvgIpc) is 3.06. The smallest absolute Gasteiger partial charge is 0.311 e. The zero-order valence-electron chi connectivity index (χ0n) is 29.8. The van der Waals surface area contributed by atoms with Gasteiger partial charge in [-0.15, -0.1) is 0 Å². The highest BCUT2D eigenvalue weighted by Gasteiger charge is 2.12. The predicted octanol–water partition coefficient (Wildman–Crippen LogP) is 13.1. The quantitative estimate of drug-likeness (QED) is 0.0448. The van der Waals surface area contributed by atoms with Crippen LogP contribution in [0.25, 0.3) is 11.1 Å². The van der Waals surface area contributed by atoms with E-state index in [4.69, 9.17) is 9.47 Å². The summed E-state index contributed by atoms with van der Waals surface area (Å²) in [5.74, 6) is 0.911. The Kier molecular flexibility index (Phi) is 21.6. The number of ether oxygens (including phenoxy) is 2. The summed E-state index contributed by atoms with van der Waals surface area (Å²) in [5, 5.41) is 0. The Morgan fingerprint density at radius 2 is 0.696 bits per heavy atom. The molecule has 0 saturated carbocycles. The number of hydrogen-bond donors (Lipinski definition) is 0. The summed E-state index contributed by atoms with van der Waals surface area (Å²) < 4.78 is 11.3. The van der Waals surface area contributed by atoms with Gasteiger partial charge in [-0.05, 0) is 72.2 Å². The van der Waals surface area contributed by atoms with Crippen molar-refractivity contribution in [2.45, 2.75) is 169 Å². The standard InChI is InChI=1S/C42H64O4/c1-5-9-11-13-15-17-19-21-23-25-41(43)45-37-31-27-35(28-32-37)39(7-3)40(8-4)36-29-33-38(34-30-36)46-42(44)26-24-22-20-18-16-14-12-10-6-2/h27-34H,5-26H2,1-4H3/b40-39+. The van der Waals surface area contributed by atoms with Crippen LogP contribution in [0.3, 0.4) is 0 Å². The zero-order valence-corrected chi connectivity index (χ0v) is 29.8. The zero-order chi connectivity index (χ0) is 33.2. The first kappa shape index (κ1) is 39.3. The molecule has 0 amide bonds. The number of hydrogen-bond acceptors (Lipinski definition) is 4. The van der Waals surface area contributed by atoms with Gasteiger partial charge in [0.15, 0.2) is 0 Å². The molecule has 0 aliphatic carbocycles. The van der Waals surface area contributed by atoms with Crippen molar-refractivity contribution in [1.82, 2.24) is 0 Å². The summed E-state index contributed by atoms with van der Waals surface area (Å²) in [4.78, 5) is 24.8. The number of allylic oxidation sites excluding steroid dienone is 2. The SMILES string of the molecule is CCCCCCCCCCCC(=O)Oc1ccc(/C(CC)=C(\CC)c2ccc(OC(=O)CCCCCCCCCCC)cc2)cc1. The Balaban J connectivity index is 1.80. The molecular formula is C42H64O4. The fourth-order valence-electron chi connectivity index (χ4n) is 6.16. The molecule has 0 radical (unpaired) electrons. The van der Waals surface area contributed by atoms with E-state index in [-0.39, 0.29) is 11.9 Å². The van der Waals surface area contributed by atoms with Gasteiger partial charge in [0.05, 0.1) is 0 Å². The maximum absolute atomic E-state index is 12.4. The first-order valence-electron chi connectivity index (χ1n) is 18.9. The van der Waals surface area contributed by atoms with E-state index in [0.29, 0.717) is 24.3 Å². The number of carbonyl (C=O) groups excluding carboxylic acids is 2. The molecule has 0 bridgehead atoms. The summed E-state index contributed by atoms with van der Waals surface area (Å²) in [6, 6.07) is 15.8. The van der Waals surface area contributed by atoms with Gasteiger partial charge in [-0.25, -0.2) is 0 Å². The van der Waals surface area contributed by atoms with Gasteiger partial charge in [0.1, 0.15) is 11.5 Å². The third-order valence-corrected chi connectivity index (χ3v) is 8.91. The number of esters is 2. The molecule has 0 saturated heterocycles. The Bertz CT molecular complexity index is 1020. The van der Waals surface area contributed by atoms with Crippen LogP contribution in [-0.2, 0) is 9.59 Å². The van der Waals surface area contributed by atoms with Crippen LogP contribution in [0.1, 0.15) is 180 Å². The van der Waals surface area contributed by atoms with Crippen molar-refractivity contribution < 1.29 is 19.1 Å². The van der Waals surface area contributed by atoms with Gasteiger partial charge in [-0.3, -0.25) is 9.59 Å². The molecule has 0 heterocycles. The first-order chi connectivity index (χ1) is 22.5. The summed E-state index contributed by atoms with van der Waals surface area (Å²) in [6.45, 7) is 8.84. The molecule has 0 aliphatic heterocycles. The Morgan fingerprint density at radius 3 is 0.978 bits per heavy atom. The highest BCUT2D eigenvalue weighted by atomic mass is 16.5. The molecule has 2 aromatic rings. The largest absolute Gasteiger partial charge is 0.427 e. The Morgan fingerprint density at radius 1 is 0.413 bits per heavy atom. The van der Waals surface area contributed by atoms with Crippen molar-refractivity contribution in [2.75, 3.05) is 0 Å². The van der Waals surface area contributed by atoms with Crippen molar-refractivity contribution in [3.63, 3.8) is 0 Å². The van der Waals surface area contributed by atoms with E-state index in [1.54, 1.807) is 0 Å². The van der Waals surface area contributed by atoms with E-state index in [1.165, 1.54) is 101 Å². The van der Waals surface area contributed by atoms with Gasteiger partial charge in [0.25, 0.3) is 0 Å². The van der Waals surface area contributed by atoms with Gasteiger partial charge in [-0.1, -0.05) is 155 Å². The molecule has 46 heavy (non-hydrogen) atoms. The minimum atomic E-state index is -0.148. The number of benzene rings is 2. The van der Waals surface area contributed by atoms with Crippen LogP contribution >= 0.6 is 0 Å². The summed E-state index contributed by atoms with van der Waals surface area (Å²) in [5.41, 5.74) is 4.81. The van der Waals surface area contributed by atoms with Gasteiger partial charge in [0, 0.05) is 12.8 Å². The van der Waals surface area contributed by atoms with E-state index in [9.17, 15) is 9.59 Å². The molecule has 0 unspecified atom stereocenters. The van der Waals surface area contributed by atoms with Crippen LogP contribution in [-0.4, -0.2) is 11.9 Å². The second kappa shape index (κ2) is 25.2. The average molecular weight is 633 g/mol. The lowest BCUT2D eigenvalue weighted by atomic mass is 9.91. The van der Waals surface area contributed by atoms with E-state index in [2.05, 4.69) is 52.0 Å². The van der Waals surface area contributed by atoms with Crippen LogP contribution in [0.5, 0.6) is 11.5 Å². The van der Waals surface area contributed by atoms with Crippen molar-refractivity contribution in [3.05, 3.63) is 59.7 Å². The maximum atomic E-state index is 12.4. The molecular weight excluding hydrogens is 568 g/mol. The Labute approximate surface area is 281 Å². The summed E-state index contributed by atoms with van der Waals surface area (Å²) in [6.07, 6.45) is 24.9. The van der Waals surface area contributed by atoms with E-state index in [1.807, 2.05) is 24.3 Å². The van der Waals surface area contributed by atoms with Crippen LogP contribution in [0.15, 0.2) is 48.5 Å². The third kappa shape index (κ3) is 16.6. The highest BCUT2D eigenvalue weighted by molar-refractivity contribution is 5.91. The topological polar surface area (TPSA) is 52.6 Å². The van der Waals surface area contributed by atoms with Crippen LogP contribution in [0.4, 0.5) is 0 Å². The van der Waals surface area contributed by atoms with Crippen molar-refractivity contribution in [3.8, 4) is 11.5 Å². The molecule has 0 fully saturated rings. The highest BCUT2D eigenvalue weighted by Crippen LogP contribution is 2.33. The molecule has 0 aliphatic rings. The third-order valence-electron chi connectivity index (χ3n) is 8.91. The minimum absolute atomic E-state index is 0.148. The monoisotopic (exact) mass is 632 g/mol. The van der Waals surface area contributed by atoms with E-state index >= 15 is 0 Å². The number of carbonyl (C=O) groups is 2. The van der Waals surface area contributed by atoms with Gasteiger partial charge in [0.2, 0.25) is 0 Å². The molecule has 0 atom stereocenters. The molecule has 4 heteroatoms. The van der Waals surface area contributed by atoms with Crippen molar-refractivity contribution in [2.24, 2.45) is 0 Å². The number of unbranched alkanes of at least 4 members (excludes halogenated alkanes) is 16. The van der Waals surface area contributed by atoms with Crippen LogP contribution in [0.2, 0.25) is 0 Å². The Hall–Kier alpha value is -2.88. The van der Waals surface area contributed by atoms with E-state index in [0.717, 1.165) is 49.7 Å². The number of rotatable bonds is 26. The van der Waals surface area contributed by atoms with Crippen LogP contribution in [0, 0.1) is 0 Å². The van der Waals surface area contributed by atoms with Crippen molar-refractivity contribution in [1.29, 1.82) is 0 Å². The fraction of sp³-hybridized carbons (Fsp3) is 0.619. The van der Waals surface area contributed by atoms with Gasteiger partial charge in [-0.2, -0.15) is 0 Å². The summed E-state index contributed by atoms with van der Waals surface area (Å²) in [7, 11) is 0. The first-order valence-corrected chi connectivity index (χ1v) is 18.9. The second-order valence-electron chi connectivity index (χ2n) is 12.8. The minimum Gasteiger partial charge on any atom is -0.427 e. The molecule has 0 N–H and O–H groups in total. The lowest BCUT2D eigenvalue weighted by Gasteiger charge is -2.15. The normalized spacial score (nSPS) is 11.7. The van der Waals surface area contributed by atoms with Crippen LogP contribution < -0.4 is 9.47 Å². The van der Waals surface area contributed by atoms with Crippen molar-refractivity contribution >= 4 is 23.1 Å². The predicted molar refractivity (Wildman–Crippen MR) is 195 cm³/mol. The molecule has 0 aromatic heterocycles. The van der Waals surface area contributed by atoms with Gasteiger partial charge >= 0.3 is 11.9 Å². The summed E-state index contributed by atoms with van der Waals surface area (Å²) >= 11 is 0. The lowest BCUT2D eigenvalue weighted by Crippen LogP contribution is -2.07. The molecule has 2 rings (SSSR count). The van der Waals surface area contributed by atoms with E-state index < -0.39 is 0 Å². The molecule has 0 spiro atoms. The molecule has 256 valence electrons. The lowest BCUT2D eigenvalue weighted by molar-refractivity contribution is -0.135. The molecule has 4 nitrogen and oxygen atoms in total. The van der Waals surface area contributed by atoms with Gasteiger partial charge < -0.3 is 9.47 Å². The fourth-order valence-corrected chi connectivity index (χ4v) is 6.16. The maximum Gasteiger partial charge on any atom is 0.311 e. The second-order valence-corrected chi connectivity index (χ2v) is 12.8.